The Morgan fingerprint density at radius 3 is 2.52 bits per heavy atom. The number of likely N-dealkylation sites (tertiary alicyclic amines) is 2. The van der Waals surface area contributed by atoms with Crippen LogP contribution >= 0.6 is 12.4 Å². The third-order valence-electron chi connectivity index (χ3n) is 9.97. The molecule has 1 N–H and O–H groups in total. The standard InChI is InChI=1S/C33H38N4O6.ClH/c1-3-22-23-9-8-21(43-32(40)36-14-10-20(11-15-36)35-12-6-5-7-13-35)16-27(23)34-29-24(22)18-37-28(29)17-26-25(30(37)38)19-42-31(39)33(26,41)4-2;/h8-9,16-17,20,41H,3-7,10-15,18-19H2,1-2H3;1H/t33-;/m0./s1. The van der Waals surface area contributed by atoms with Crippen LogP contribution < -0.4 is 10.3 Å². The summed E-state index contributed by atoms with van der Waals surface area (Å²) in [5, 5.41) is 12.1. The van der Waals surface area contributed by atoms with E-state index in [-0.39, 0.29) is 37.1 Å². The lowest BCUT2D eigenvalue weighted by Gasteiger charge is -2.39. The first-order chi connectivity index (χ1) is 20.8. The zero-order valence-electron chi connectivity index (χ0n) is 25.3. The van der Waals surface area contributed by atoms with Crippen molar-refractivity contribution < 1.29 is 24.2 Å². The number of aliphatic hydroxyl groups is 1. The Balaban J connectivity index is 0.00000343. The molecule has 6 heterocycles. The summed E-state index contributed by atoms with van der Waals surface area (Å²) in [4.78, 5) is 48.6. The van der Waals surface area contributed by atoms with E-state index in [0.717, 1.165) is 48.9 Å². The van der Waals surface area contributed by atoms with Crippen molar-refractivity contribution in [2.24, 2.45) is 0 Å². The number of amides is 1. The Morgan fingerprint density at radius 1 is 1.07 bits per heavy atom. The SMILES string of the molecule is CCc1c2c(nc3cc(OC(=O)N4CCC(N5CCCCC5)CC4)ccc13)-c1cc3c(c(=O)n1C2)COC(=O)[C@]3(O)CC.Cl. The molecule has 3 aromatic rings. The number of carbonyl (C=O) groups excluding carboxylic acids is 2. The zero-order chi connectivity index (χ0) is 29.9. The van der Waals surface area contributed by atoms with E-state index in [1.807, 2.05) is 12.1 Å². The van der Waals surface area contributed by atoms with Crippen molar-refractivity contribution >= 4 is 35.4 Å². The molecule has 0 bridgehead atoms. The number of cyclic esters (lactones) is 1. The molecule has 234 valence electrons. The first kappa shape index (κ1) is 30.6. The number of nitrogens with zero attached hydrogens (tertiary/aromatic N) is 4. The van der Waals surface area contributed by atoms with E-state index in [4.69, 9.17) is 14.5 Å². The fraction of sp³-hybridized carbons (Fsp3) is 0.515. The smallest absolute Gasteiger partial charge is 0.415 e. The lowest BCUT2D eigenvalue weighted by Crippen LogP contribution is -2.48. The maximum absolute atomic E-state index is 13.6. The van der Waals surface area contributed by atoms with Gasteiger partial charge in [0.05, 0.1) is 29.0 Å². The van der Waals surface area contributed by atoms with Crippen molar-refractivity contribution in [1.29, 1.82) is 0 Å². The van der Waals surface area contributed by atoms with E-state index in [1.165, 1.54) is 19.3 Å². The summed E-state index contributed by atoms with van der Waals surface area (Å²) < 4.78 is 12.7. The fourth-order valence-corrected chi connectivity index (χ4v) is 7.48. The molecule has 1 aromatic carbocycles. The maximum Gasteiger partial charge on any atom is 0.415 e. The highest BCUT2D eigenvalue weighted by Gasteiger charge is 2.45. The summed E-state index contributed by atoms with van der Waals surface area (Å²) in [6.45, 7) is 7.65. The van der Waals surface area contributed by atoms with Crippen molar-refractivity contribution in [3.05, 3.63) is 56.9 Å². The van der Waals surface area contributed by atoms with E-state index in [0.29, 0.717) is 59.5 Å². The molecule has 11 heteroatoms. The number of carbonyl (C=O) groups is 2. The molecule has 0 aliphatic carbocycles. The average molecular weight is 623 g/mol. The maximum atomic E-state index is 13.6. The molecular formula is C33H39ClN4O6. The number of pyridine rings is 2. The molecule has 44 heavy (non-hydrogen) atoms. The summed E-state index contributed by atoms with van der Waals surface area (Å²) in [6.07, 6.45) is 6.24. The van der Waals surface area contributed by atoms with Gasteiger partial charge in [-0.1, -0.05) is 20.3 Å². The molecule has 7 rings (SSSR count). The Kier molecular flexibility index (Phi) is 8.19. The van der Waals surface area contributed by atoms with Gasteiger partial charge in [0.2, 0.25) is 0 Å². The van der Waals surface area contributed by atoms with Crippen LogP contribution in [0.1, 0.15) is 74.6 Å². The monoisotopic (exact) mass is 622 g/mol. The highest BCUT2D eigenvalue weighted by atomic mass is 35.5. The number of ether oxygens (including phenoxy) is 2. The van der Waals surface area contributed by atoms with Crippen LogP contribution in [0.2, 0.25) is 0 Å². The quantitative estimate of drug-likeness (QED) is 0.331. The van der Waals surface area contributed by atoms with E-state index >= 15 is 0 Å². The Labute approximate surface area is 262 Å². The van der Waals surface area contributed by atoms with Gasteiger partial charge in [0.1, 0.15) is 12.4 Å². The van der Waals surface area contributed by atoms with E-state index < -0.39 is 11.6 Å². The van der Waals surface area contributed by atoms with Crippen molar-refractivity contribution in [3.63, 3.8) is 0 Å². The van der Waals surface area contributed by atoms with Crippen LogP contribution in [0.25, 0.3) is 22.3 Å². The number of piperidine rings is 2. The third kappa shape index (κ3) is 4.87. The Bertz CT molecular complexity index is 1690. The molecule has 1 amide bonds. The molecule has 2 saturated heterocycles. The largest absolute Gasteiger partial charge is 0.458 e. The Hall–Kier alpha value is -3.47. The van der Waals surface area contributed by atoms with Gasteiger partial charge in [-0.2, -0.15) is 0 Å². The Morgan fingerprint density at radius 2 is 1.82 bits per heavy atom. The topological polar surface area (TPSA) is 114 Å². The minimum absolute atomic E-state index is 0. The minimum atomic E-state index is -1.88. The van der Waals surface area contributed by atoms with Crippen molar-refractivity contribution in [3.8, 4) is 17.1 Å². The van der Waals surface area contributed by atoms with Gasteiger partial charge in [-0.15, -0.1) is 12.4 Å². The number of fused-ring (bicyclic) bond motifs is 5. The van der Waals surface area contributed by atoms with Crippen LogP contribution in [-0.4, -0.2) is 68.7 Å². The molecular weight excluding hydrogens is 584 g/mol. The molecule has 4 aliphatic heterocycles. The molecule has 0 radical (unpaired) electrons. The lowest BCUT2D eigenvalue weighted by atomic mass is 9.86. The molecule has 2 aromatic heterocycles. The summed E-state index contributed by atoms with van der Waals surface area (Å²) in [5.41, 5.74) is 2.32. The number of rotatable bonds is 4. The van der Waals surface area contributed by atoms with Gasteiger partial charge in [-0.3, -0.25) is 4.79 Å². The van der Waals surface area contributed by atoms with Crippen LogP contribution in [0.4, 0.5) is 4.79 Å². The van der Waals surface area contributed by atoms with Crippen molar-refractivity contribution in [2.45, 2.75) is 83.6 Å². The first-order valence-electron chi connectivity index (χ1n) is 15.7. The molecule has 0 unspecified atom stereocenters. The van der Waals surface area contributed by atoms with Gasteiger partial charge >= 0.3 is 12.1 Å². The van der Waals surface area contributed by atoms with Gasteiger partial charge in [-0.05, 0) is 75.4 Å². The number of hydrogen-bond donors (Lipinski definition) is 1. The fourth-order valence-electron chi connectivity index (χ4n) is 7.48. The van der Waals surface area contributed by atoms with Crippen LogP contribution in [0, 0.1) is 0 Å². The van der Waals surface area contributed by atoms with Gasteiger partial charge in [0.15, 0.2) is 5.60 Å². The van der Waals surface area contributed by atoms with Crippen LogP contribution in [0.15, 0.2) is 29.1 Å². The van der Waals surface area contributed by atoms with E-state index in [2.05, 4.69) is 11.8 Å². The van der Waals surface area contributed by atoms with Gasteiger partial charge < -0.3 is 28.9 Å². The van der Waals surface area contributed by atoms with Gasteiger partial charge in [0.25, 0.3) is 5.56 Å². The van der Waals surface area contributed by atoms with Crippen LogP contribution in [-0.2, 0) is 34.7 Å². The predicted molar refractivity (Wildman–Crippen MR) is 167 cm³/mol. The predicted octanol–water partition coefficient (Wildman–Crippen LogP) is 4.51. The molecule has 10 nitrogen and oxygen atoms in total. The number of aryl methyl sites for hydroxylation is 1. The second-order valence-corrected chi connectivity index (χ2v) is 12.2. The summed E-state index contributed by atoms with van der Waals surface area (Å²) in [6, 6.07) is 7.80. The minimum Gasteiger partial charge on any atom is -0.458 e. The number of aromatic nitrogens is 2. The van der Waals surface area contributed by atoms with Crippen LogP contribution in [0.3, 0.4) is 0 Å². The van der Waals surface area contributed by atoms with Crippen molar-refractivity contribution in [1.82, 2.24) is 19.4 Å². The summed E-state index contributed by atoms with van der Waals surface area (Å²) >= 11 is 0. The van der Waals surface area contributed by atoms with E-state index in [1.54, 1.807) is 28.5 Å². The number of benzene rings is 1. The molecule has 2 fully saturated rings. The molecule has 0 spiro atoms. The van der Waals surface area contributed by atoms with Crippen molar-refractivity contribution in [2.75, 3.05) is 26.2 Å². The van der Waals surface area contributed by atoms with Gasteiger partial charge in [-0.25, -0.2) is 14.6 Å². The summed E-state index contributed by atoms with van der Waals surface area (Å²) in [7, 11) is 0. The molecule has 4 aliphatic rings. The number of hydrogen-bond acceptors (Lipinski definition) is 8. The molecule has 1 atom stereocenters. The van der Waals surface area contributed by atoms with E-state index in [9.17, 15) is 19.5 Å². The first-order valence-corrected chi connectivity index (χ1v) is 15.7. The van der Waals surface area contributed by atoms with Crippen LogP contribution in [0.5, 0.6) is 5.75 Å². The second kappa shape index (κ2) is 11.8. The second-order valence-electron chi connectivity index (χ2n) is 12.2. The highest BCUT2D eigenvalue weighted by molar-refractivity contribution is 5.90. The number of esters is 1. The normalized spacial score (nSPS) is 21.7. The average Bonchev–Trinajstić information content (AvgIpc) is 3.40. The lowest BCUT2D eigenvalue weighted by molar-refractivity contribution is -0.172. The van der Waals surface area contributed by atoms with Gasteiger partial charge in [0, 0.05) is 41.7 Å². The molecule has 0 saturated carbocycles. The highest BCUT2D eigenvalue weighted by Crippen LogP contribution is 2.40. The summed E-state index contributed by atoms with van der Waals surface area (Å²) in [5.74, 6) is -0.318. The number of halogens is 1. The third-order valence-corrected chi connectivity index (χ3v) is 9.97. The zero-order valence-corrected chi connectivity index (χ0v) is 26.1.